The minimum Gasteiger partial charge on any atom is -0.348 e. The number of nitrogens with zero attached hydrogens (tertiary/aromatic N) is 1. The van der Waals surface area contributed by atoms with Crippen LogP contribution in [0, 0.1) is 0 Å². The van der Waals surface area contributed by atoms with Crippen LogP contribution in [0.4, 0.5) is 0 Å². The average Bonchev–Trinajstić information content (AvgIpc) is 2.30. The summed E-state index contributed by atoms with van der Waals surface area (Å²) in [5, 5.41) is 3.48. The number of carbonyl (C=O) groups is 1. The second-order valence-electron chi connectivity index (χ2n) is 3.81. The SMILES string of the molecule is O=C(NC1CC=CCC1)c1cc(Cl)ccn1. The second kappa shape index (κ2) is 5.12. The number of halogens is 1. The molecule has 1 atom stereocenters. The highest BCUT2D eigenvalue weighted by molar-refractivity contribution is 6.30. The molecular formula is C12H13ClN2O. The van der Waals surface area contributed by atoms with E-state index in [4.69, 9.17) is 11.6 Å². The van der Waals surface area contributed by atoms with Crippen LogP contribution in [0.1, 0.15) is 29.8 Å². The fraction of sp³-hybridized carbons (Fsp3) is 0.333. The fourth-order valence-corrected chi connectivity index (χ4v) is 1.87. The normalized spacial score (nSPS) is 19.4. The maximum absolute atomic E-state index is 11.8. The average molecular weight is 237 g/mol. The maximum atomic E-state index is 11.8. The third-order valence-electron chi connectivity index (χ3n) is 2.56. The molecule has 84 valence electrons. The molecular weight excluding hydrogens is 224 g/mol. The second-order valence-corrected chi connectivity index (χ2v) is 4.25. The monoisotopic (exact) mass is 236 g/mol. The van der Waals surface area contributed by atoms with Gasteiger partial charge in [-0.15, -0.1) is 0 Å². The van der Waals surface area contributed by atoms with Crippen molar-refractivity contribution in [3.05, 3.63) is 41.2 Å². The summed E-state index contributed by atoms with van der Waals surface area (Å²) in [5.74, 6) is -0.150. The van der Waals surface area contributed by atoms with Gasteiger partial charge in [-0.3, -0.25) is 9.78 Å². The Morgan fingerprint density at radius 2 is 2.38 bits per heavy atom. The van der Waals surface area contributed by atoms with E-state index >= 15 is 0 Å². The van der Waals surface area contributed by atoms with Gasteiger partial charge in [0.05, 0.1) is 0 Å². The van der Waals surface area contributed by atoms with E-state index in [0.717, 1.165) is 19.3 Å². The highest BCUT2D eigenvalue weighted by Crippen LogP contribution is 2.12. The minimum absolute atomic E-state index is 0.150. The number of aromatic nitrogens is 1. The fourth-order valence-electron chi connectivity index (χ4n) is 1.71. The van der Waals surface area contributed by atoms with Gasteiger partial charge in [0.15, 0.2) is 0 Å². The molecule has 2 rings (SSSR count). The Bertz CT molecular complexity index is 417. The number of rotatable bonds is 2. The van der Waals surface area contributed by atoms with Crippen molar-refractivity contribution >= 4 is 17.5 Å². The molecule has 0 radical (unpaired) electrons. The largest absolute Gasteiger partial charge is 0.348 e. The quantitative estimate of drug-likeness (QED) is 0.802. The molecule has 0 spiro atoms. The highest BCUT2D eigenvalue weighted by Gasteiger charge is 2.14. The van der Waals surface area contributed by atoms with Crippen molar-refractivity contribution in [1.29, 1.82) is 0 Å². The molecule has 0 fully saturated rings. The van der Waals surface area contributed by atoms with Gasteiger partial charge < -0.3 is 5.32 Å². The number of nitrogens with one attached hydrogen (secondary N) is 1. The Morgan fingerprint density at radius 3 is 3.06 bits per heavy atom. The van der Waals surface area contributed by atoms with Gasteiger partial charge in [0.2, 0.25) is 0 Å². The van der Waals surface area contributed by atoms with Gasteiger partial charge in [-0.25, -0.2) is 0 Å². The first-order valence-electron chi connectivity index (χ1n) is 5.33. The van der Waals surface area contributed by atoms with E-state index in [2.05, 4.69) is 22.5 Å². The van der Waals surface area contributed by atoms with Crippen molar-refractivity contribution in [2.75, 3.05) is 0 Å². The van der Waals surface area contributed by atoms with Crippen molar-refractivity contribution in [3.63, 3.8) is 0 Å². The van der Waals surface area contributed by atoms with E-state index in [1.807, 2.05) is 0 Å². The van der Waals surface area contributed by atoms with Crippen molar-refractivity contribution in [1.82, 2.24) is 10.3 Å². The molecule has 1 unspecified atom stereocenters. The Morgan fingerprint density at radius 1 is 1.50 bits per heavy atom. The van der Waals surface area contributed by atoms with Crippen LogP contribution < -0.4 is 5.32 Å². The molecule has 1 aliphatic carbocycles. The molecule has 1 aromatic rings. The van der Waals surface area contributed by atoms with Crippen molar-refractivity contribution in [2.24, 2.45) is 0 Å². The first-order valence-corrected chi connectivity index (χ1v) is 5.71. The smallest absolute Gasteiger partial charge is 0.270 e. The molecule has 0 saturated carbocycles. The number of allylic oxidation sites excluding steroid dienone is 1. The maximum Gasteiger partial charge on any atom is 0.270 e. The number of pyridine rings is 1. The van der Waals surface area contributed by atoms with Gasteiger partial charge in [0.25, 0.3) is 5.91 Å². The summed E-state index contributed by atoms with van der Waals surface area (Å²) in [5.41, 5.74) is 0.377. The molecule has 0 saturated heterocycles. The Hall–Kier alpha value is -1.35. The topological polar surface area (TPSA) is 42.0 Å². The van der Waals surface area contributed by atoms with Crippen LogP contribution in [-0.4, -0.2) is 16.9 Å². The zero-order valence-electron chi connectivity index (χ0n) is 8.82. The Balaban J connectivity index is 2.00. The summed E-state index contributed by atoms with van der Waals surface area (Å²) in [7, 11) is 0. The van der Waals surface area contributed by atoms with E-state index in [1.54, 1.807) is 12.1 Å². The van der Waals surface area contributed by atoms with Gasteiger partial charge in [0.1, 0.15) is 5.69 Å². The molecule has 1 heterocycles. The zero-order valence-corrected chi connectivity index (χ0v) is 9.57. The number of amides is 1. The molecule has 1 N–H and O–H groups in total. The predicted molar refractivity (Wildman–Crippen MR) is 63.5 cm³/mol. The number of hydrogen-bond donors (Lipinski definition) is 1. The van der Waals surface area contributed by atoms with Crippen LogP contribution in [0.25, 0.3) is 0 Å². The zero-order chi connectivity index (χ0) is 11.4. The lowest BCUT2D eigenvalue weighted by molar-refractivity contribution is 0.0929. The lowest BCUT2D eigenvalue weighted by Gasteiger charge is -2.18. The Labute approximate surface area is 99.5 Å². The lowest BCUT2D eigenvalue weighted by Crippen LogP contribution is -2.35. The molecule has 4 heteroatoms. The van der Waals surface area contributed by atoms with Crippen LogP contribution in [-0.2, 0) is 0 Å². The molecule has 0 aromatic carbocycles. The van der Waals surface area contributed by atoms with Gasteiger partial charge >= 0.3 is 0 Å². The summed E-state index contributed by atoms with van der Waals surface area (Å²) >= 11 is 5.80. The molecule has 3 nitrogen and oxygen atoms in total. The summed E-state index contributed by atoms with van der Waals surface area (Å²) in [6.45, 7) is 0. The van der Waals surface area contributed by atoms with E-state index in [1.165, 1.54) is 6.20 Å². The Kier molecular flexibility index (Phi) is 3.57. The van der Waals surface area contributed by atoms with Gasteiger partial charge in [-0.05, 0) is 31.4 Å². The molecule has 1 aliphatic rings. The molecule has 0 aliphatic heterocycles. The summed E-state index contributed by atoms with van der Waals surface area (Å²) in [6.07, 6.45) is 8.68. The third-order valence-corrected chi connectivity index (χ3v) is 2.79. The molecule has 0 bridgehead atoms. The van der Waals surface area contributed by atoms with Crippen LogP contribution in [0.3, 0.4) is 0 Å². The van der Waals surface area contributed by atoms with E-state index in [-0.39, 0.29) is 11.9 Å². The molecule has 16 heavy (non-hydrogen) atoms. The van der Waals surface area contributed by atoms with Crippen molar-refractivity contribution in [2.45, 2.75) is 25.3 Å². The number of carbonyl (C=O) groups excluding carboxylic acids is 1. The van der Waals surface area contributed by atoms with Crippen LogP contribution in [0.5, 0.6) is 0 Å². The van der Waals surface area contributed by atoms with Gasteiger partial charge in [0, 0.05) is 17.3 Å². The van der Waals surface area contributed by atoms with Crippen LogP contribution in [0.2, 0.25) is 5.02 Å². The lowest BCUT2D eigenvalue weighted by atomic mass is 10.0. The van der Waals surface area contributed by atoms with Gasteiger partial charge in [-0.2, -0.15) is 0 Å². The third kappa shape index (κ3) is 2.83. The number of hydrogen-bond acceptors (Lipinski definition) is 2. The summed E-state index contributed by atoms with van der Waals surface area (Å²) < 4.78 is 0. The van der Waals surface area contributed by atoms with E-state index in [9.17, 15) is 4.79 Å². The summed E-state index contributed by atoms with van der Waals surface area (Å²) in [6, 6.07) is 3.45. The predicted octanol–water partition coefficient (Wildman–Crippen LogP) is 2.57. The highest BCUT2D eigenvalue weighted by atomic mass is 35.5. The van der Waals surface area contributed by atoms with Crippen molar-refractivity contribution in [3.8, 4) is 0 Å². The standard InChI is InChI=1S/C12H13ClN2O/c13-9-6-7-14-11(8-9)12(16)15-10-4-2-1-3-5-10/h1-2,6-8,10H,3-5H2,(H,15,16). The minimum atomic E-state index is -0.150. The molecule has 1 aromatic heterocycles. The van der Waals surface area contributed by atoms with Crippen LogP contribution >= 0.6 is 11.6 Å². The van der Waals surface area contributed by atoms with E-state index in [0.29, 0.717) is 10.7 Å². The van der Waals surface area contributed by atoms with Gasteiger partial charge in [-0.1, -0.05) is 23.8 Å². The van der Waals surface area contributed by atoms with E-state index < -0.39 is 0 Å². The van der Waals surface area contributed by atoms with Crippen LogP contribution in [0.15, 0.2) is 30.5 Å². The first kappa shape index (κ1) is 11.1. The summed E-state index contributed by atoms with van der Waals surface area (Å²) in [4.78, 5) is 15.8. The molecule has 1 amide bonds. The first-order chi connectivity index (χ1) is 7.75. The van der Waals surface area contributed by atoms with Crippen molar-refractivity contribution < 1.29 is 4.79 Å².